The molecule has 2 N–H and O–H groups in total. The van der Waals surface area contributed by atoms with Crippen molar-refractivity contribution in [2.45, 2.75) is 12.8 Å². The molecule has 0 aliphatic heterocycles. The Morgan fingerprint density at radius 1 is 0.958 bits per heavy atom. The number of ether oxygens (including phenoxy) is 2. The van der Waals surface area contributed by atoms with Crippen molar-refractivity contribution in [3.8, 4) is 11.5 Å². The summed E-state index contributed by atoms with van der Waals surface area (Å²) in [5.41, 5.74) is 2.08. The van der Waals surface area contributed by atoms with Crippen LogP contribution in [0.5, 0.6) is 11.5 Å². The maximum atomic E-state index is 5.26. The summed E-state index contributed by atoms with van der Waals surface area (Å²) in [6, 6.07) is 15.9. The highest BCUT2D eigenvalue weighted by molar-refractivity contribution is 5.59. The molecule has 124 valence electrons. The van der Waals surface area contributed by atoms with Gasteiger partial charge in [-0.3, -0.25) is 5.10 Å². The molecule has 0 unspecified atom stereocenters. The minimum Gasteiger partial charge on any atom is -0.497 e. The predicted octanol–water partition coefficient (Wildman–Crippen LogP) is 3.35. The topological polar surface area (TPSA) is 72.1 Å². The molecule has 0 saturated carbocycles. The van der Waals surface area contributed by atoms with Crippen LogP contribution in [0.15, 0.2) is 48.5 Å². The molecule has 6 heteroatoms. The standard InChI is InChI=1S/C18H20N4O2/c1-23-15-10-14(11-16(12-15)24-2)19-18-20-17(21-22-18)9-8-13-6-4-3-5-7-13/h3-7,10-12H,8-9H2,1-2H3,(H2,19,20,21,22). The van der Waals surface area contributed by atoms with Gasteiger partial charge in [0, 0.05) is 30.3 Å². The first-order valence-corrected chi connectivity index (χ1v) is 7.72. The number of H-pyrrole nitrogens is 1. The Kier molecular flexibility index (Phi) is 4.96. The van der Waals surface area contributed by atoms with E-state index >= 15 is 0 Å². The van der Waals surface area contributed by atoms with Gasteiger partial charge >= 0.3 is 0 Å². The second-order valence-electron chi connectivity index (χ2n) is 5.32. The van der Waals surface area contributed by atoms with E-state index < -0.39 is 0 Å². The van der Waals surface area contributed by atoms with E-state index in [1.165, 1.54) is 5.56 Å². The Morgan fingerprint density at radius 3 is 2.33 bits per heavy atom. The third-order valence-corrected chi connectivity index (χ3v) is 3.63. The summed E-state index contributed by atoms with van der Waals surface area (Å²) in [7, 11) is 3.24. The van der Waals surface area contributed by atoms with Gasteiger partial charge in [-0.1, -0.05) is 30.3 Å². The van der Waals surface area contributed by atoms with Crippen LogP contribution in [0, 0.1) is 0 Å². The van der Waals surface area contributed by atoms with Crippen molar-refractivity contribution >= 4 is 11.6 Å². The van der Waals surface area contributed by atoms with Gasteiger partial charge in [0.15, 0.2) is 0 Å². The Bertz CT molecular complexity index is 764. The quantitative estimate of drug-likeness (QED) is 0.697. The lowest BCUT2D eigenvalue weighted by atomic mass is 10.1. The Labute approximate surface area is 140 Å². The molecule has 0 amide bonds. The molecule has 1 aromatic heterocycles. The van der Waals surface area contributed by atoms with Gasteiger partial charge in [0.1, 0.15) is 17.3 Å². The third-order valence-electron chi connectivity index (χ3n) is 3.63. The number of hydrogen-bond acceptors (Lipinski definition) is 5. The van der Waals surface area contributed by atoms with E-state index in [9.17, 15) is 0 Å². The fraction of sp³-hybridized carbons (Fsp3) is 0.222. The van der Waals surface area contributed by atoms with E-state index in [1.807, 2.05) is 36.4 Å². The smallest absolute Gasteiger partial charge is 0.246 e. The number of aromatic nitrogens is 3. The monoisotopic (exact) mass is 324 g/mol. The highest BCUT2D eigenvalue weighted by Crippen LogP contribution is 2.27. The maximum Gasteiger partial charge on any atom is 0.246 e. The molecular weight excluding hydrogens is 304 g/mol. The molecule has 0 bridgehead atoms. The van der Waals surface area contributed by atoms with Gasteiger partial charge in [-0.15, -0.1) is 5.10 Å². The lowest BCUT2D eigenvalue weighted by Crippen LogP contribution is -1.96. The number of anilines is 2. The van der Waals surface area contributed by atoms with Crippen LogP contribution in [-0.4, -0.2) is 29.4 Å². The zero-order valence-electron chi connectivity index (χ0n) is 13.7. The fourth-order valence-electron chi connectivity index (χ4n) is 2.38. The first-order chi connectivity index (χ1) is 11.8. The van der Waals surface area contributed by atoms with Gasteiger partial charge in [-0.25, -0.2) is 0 Å². The minimum absolute atomic E-state index is 0.522. The van der Waals surface area contributed by atoms with Crippen LogP contribution in [0.1, 0.15) is 11.4 Å². The van der Waals surface area contributed by atoms with Crippen LogP contribution in [0.25, 0.3) is 0 Å². The number of hydrogen-bond donors (Lipinski definition) is 2. The first kappa shape index (κ1) is 15.9. The number of aromatic amines is 1. The van der Waals surface area contributed by atoms with Crippen molar-refractivity contribution in [3.05, 3.63) is 59.9 Å². The zero-order valence-corrected chi connectivity index (χ0v) is 13.7. The van der Waals surface area contributed by atoms with Crippen LogP contribution in [0.2, 0.25) is 0 Å². The summed E-state index contributed by atoms with van der Waals surface area (Å²) in [5.74, 6) is 2.78. The van der Waals surface area contributed by atoms with Gasteiger partial charge in [0.25, 0.3) is 0 Å². The fourth-order valence-corrected chi connectivity index (χ4v) is 2.38. The molecule has 0 radical (unpaired) electrons. The minimum atomic E-state index is 0.522. The molecule has 0 fully saturated rings. The number of nitrogens with one attached hydrogen (secondary N) is 2. The molecule has 0 aliphatic rings. The maximum absolute atomic E-state index is 5.26. The predicted molar refractivity (Wildman–Crippen MR) is 93.1 cm³/mol. The second kappa shape index (κ2) is 7.50. The number of aryl methyl sites for hydroxylation is 2. The highest BCUT2D eigenvalue weighted by Gasteiger charge is 2.07. The largest absolute Gasteiger partial charge is 0.497 e. The van der Waals surface area contributed by atoms with E-state index in [0.29, 0.717) is 17.4 Å². The molecule has 0 aliphatic carbocycles. The molecule has 2 aromatic carbocycles. The third kappa shape index (κ3) is 4.04. The summed E-state index contributed by atoms with van der Waals surface area (Å²) < 4.78 is 10.5. The number of benzene rings is 2. The SMILES string of the molecule is COc1cc(Nc2n[nH]c(CCc3ccccc3)n2)cc(OC)c1. The molecule has 3 aromatic rings. The normalized spacial score (nSPS) is 10.4. The van der Waals surface area contributed by atoms with Gasteiger partial charge < -0.3 is 14.8 Å². The van der Waals surface area contributed by atoms with Crippen LogP contribution in [0.4, 0.5) is 11.6 Å². The average molecular weight is 324 g/mol. The average Bonchev–Trinajstić information content (AvgIpc) is 3.07. The first-order valence-electron chi connectivity index (χ1n) is 7.72. The molecule has 24 heavy (non-hydrogen) atoms. The van der Waals surface area contributed by atoms with Gasteiger partial charge in [0.2, 0.25) is 5.95 Å². The molecule has 0 atom stereocenters. The van der Waals surface area contributed by atoms with Crippen molar-refractivity contribution in [1.29, 1.82) is 0 Å². The number of methoxy groups -OCH3 is 2. The van der Waals surface area contributed by atoms with E-state index in [2.05, 4.69) is 32.6 Å². The summed E-state index contributed by atoms with van der Waals surface area (Å²) in [6.45, 7) is 0. The van der Waals surface area contributed by atoms with Gasteiger partial charge in [-0.05, 0) is 12.0 Å². The molecular formula is C18H20N4O2. The van der Waals surface area contributed by atoms with Gasteiger partial charge in [-0.2, -0.15) is 4.98 Å². The van der Waals surface area contributed by atoms with Crippen molar-refractivity contribution in [3.63, 3.8) is 0 Å². The summed E-state index contributed by atoms with van der Waals surface area (Å²) in [4.78, 5) is 4.47. The van der Waals surface area contributed by atoms with E-state index in [-0.39, 0.29) is 0 Å². The van der Waals surface area contributed by atoms with Crippen LogP contribution in [-0.2, 0) is 12.8 Å². The second-order valence-corrected chi connectivity index (χ2v) is 5.32. The van der Waals surface area contributed by atoms with Crippen molar-refractivity contribution < 1.29 is 9.47 Å². The molecule has 3 rings (SSSR count). The Hall–Kier alpha value is -3.02. The van der Waals surface area contributed by atoms with Crippen molar-refractivity contribution in [2.75, 3.05) is 19.5 Å². The Morgan fingerprint density at radius 2 is 1.67 bits per heavy atom. The molecule has 0 saturated heterocycles. The van der Waals surface area contributed by atoms with E-state index in [4.69, 9.17) is 9.47 Å². The van der Waals surface area contributed by atoms with Crippen LogP contribution < -0.4 is 14.8 Å². The zero-order chi connectivity index (χ0) is 16.8. The molecule has 0 spiro atoms. The molecule has 6 nitrogen and oxygen atoms in total. The summed E-state index contributed by atoms with van der Waals surface area (Å²) in [6.07, 6.45) is 1.72. The van der Waals surface area contributed by atoms with E-state index in [0.717, 1.165) is 24.4 Å². The Balaban J connectivity index is 1.65. The van der Waals surface area contributed by atoms with Crippen molar-refractivity contribution in [2.24, 2.45) is 0 Å². The number of rotatable bonds is 7. The van der Waals surface area contributed by atoms with Crippen molar-refractivity contribution in [1.82, 2.24) is 15.2 Å². The van der Waals surface area contributed by atoms with Crippen LogP contribution in [0.3, 0.4) is 0 Å². The lowest BCUT2D eigenvalue weighted by Gasteiger charge is -2.08. The summed E-state index contributed by atoms with van der Waals surface area (Å²) in [5, 5.41) is 10.3. The van der Waals surface area contributed by atoms with Crippen LogP contribution >= 0.6 is 0 Å². The highest BCUT2D eigenvalue weighted by atomic mass is 16.5. The molecule has 1 heterocycles. The lowest BCUT2D eigenvalue weighted by molar-refractivity contribution is 0.395. The summed E-state index contributed by atoms with van der Waals surface area (Å²) >= 11 is 0. The van der Waals surface area contributed by atoms with E-state index in [1.54, 1.807) is 14.2 Å². The number of nitrogens with zero attached hydrogens (tertiary/aromatic N) is 2. The van der Waals surface area contributed by atoms with Gasteiger partial charge in [0.05, 0.1) is 14.2 Å².